The molecular weight excluding hydrogens is 296 g/mol. The van der Waals surface area contributed by atoms with Crippen LogP contribution in [0.2, 0.25) is 0 Å². The van der Waals surface area contributed by atoms with Crippen LogP contribution in [0.3, 0.4) is 0 Å². The Morgan fingerprint density at radius 2 is 2.09 bits per heavy atom. The third-order valence-corrected chi connectivity index (χ3v) is 5.77. The van der Waals surface area contributed by atoms with Gasteiger partial charge in [0.2, 0.25) is 5.91 Å². The van der Waals surface area contributed by atoms with Crippen LogP contribution in [-0.4, -0.2) is 48.8 Å². The molecule has 2 heterocycles. The van der Waals surface area contributed by atoms with Gasteiger partial charge in [0.1, 0.15) is 5.75 Å². The third kappa shape index (κ3) is 3.58. The van der Waals surface area contributed by atoms with Gasteiger partial charge in [-0.25, -0.2) is 0 Å². The first kappa shape index (κ1) is 15.7. The highest BCUT2D eigenvalue weighted by atomic mass is 32.2. The third-order valence-electron chi connectivity index (χ3n) is 4.79. The fraction of sp³-hybridized carbons (Fsp3) is 0.588. The molecule has 1 aromatic rings. The molecule has 0 radical (unpaired) electrons. The molecule has 2 aliphatic heterocycles. The largest absolute Gasteiger partial charge is 0.497 e. The number of hydrogen-bond acceptors (Lipinski definition) is 4. The van der Waals surface area contributed by atoms with Gasteiger partial charge >= 0.3 is 0 Å². The average Bonchev–Trinajstić information content (AvgIpc) is 2.90. The number of hydrogen-bond donors (Lipinski definition) is 1. The molecule has 0 aromatic heterocycles. The minimum absolute atomic E-state index is 0.221. The van der Waals surface area contributed by atoms with E-state index in [0.29, 0.717) is 23.9 Å². The number of ether oxygens (including phenoxy) is 1. The van der Waals surface area contributed by atoms with Crippen LogP contribution >= 0.6 is 11.8 Å². The fourth-order valence-electron chi connectivity index (χ4n) is 3.48. The molecule has 1 aromatic carbocycles. The summed E-state index contributed by atoms with van der Waals surface area (Å²) in [7, 11) is 3.62. The zero-order chi connectivity index (χ0) is 15.5. The second-order valence-corrected chi connectivity index (χ2v) is 7.28. The summed E-state index contributed by atoms with van der Waals surface area (Å²) in [6.45, 7) is 0. The van der Waals surface area contributed by atoms with E-state index < -0.39 is 0 Å². The molecule has 1 N–H and O–H groups in total. The lowest BCUT2D eigenvalue weighted by Gasteiger charge is -2.35. The Kier molecular flexibility index (Phi) is 4.93. The van der Waals surface area contributed by atoms with Crippen molar-refractivity contribution < 1.29 is 9.53 Å². The SMILES string of the molecule is COc1cccc(SCC(=O)N(C)C2CC3CCC(C2)N3)c1. The maximum absolute atomic E-state index is 12.5. The van der Waals surface area contributed by atoms with E-state index in [1.54, 1.807) is 18.9 Å². The van der Waals surface area contributed by atoms with Gasteiger partial charge in [-0.05, 0) is 43.9 Å². The van der Waals surface area contributed by atoms with Gasteiger partial charge in [0.15, 0.2) is 0 Å². The van der Waals surface area contributed by atoms with E-state index in [9.17, 15) is 4.79 Å². The minimum atomic E-state index is 0.221. The smallest absolute Gasteiger partial charge is 0.232 e. The molecule has 2 bridgehead atoms. The van der Waals surface area contributed by atoms with Gasteiger partial charge in [-0.2, -0.15) is 0 Å². The first-order chi connectivity index (χ1) is 10.7. The quantitative estimate of drug-likeness (QED) is 0.847. The van der Waals surface area contributed by atoms with Gasteiger partial charge in [-0.1, -0.05) is 6.07 Å². The number of thioether (sulfide) groups is 1. The Labute approximate surface area is 136 Å². The van der Waals surface area contributed by atoms with Crippen molar-refractivity contribution >= 4 is 17.7 Å². The first-order valence-corrected chi connectivity index (χ1v) is 8.93. The van der Waals surface area contributed by atoms with Crippen molar-refractivity contribution in [3.8, 4) is 5.75 Å². The maximum Gasteiger partial charge on any atom is 0.232 e. The van der Waals surface area contributed by atoms with Gasteiger partial charge < -0.3 is 15.0 Å². The summed E-state index contributed by atoms with van der Waals surface area (Å²) in [4.78, 5) is 15.5. The van der Waals surface area contributed by atoms with Crippen molar-refractivity contribution in [1.82, 2.24) is 10.2 Å². The van der Waals surface area contributed by atoms with Crippen LogP contribution in [-0.2, 0) is 4.79 Å². The highest BCUT2D eigenvalue weighted by Gasteiger charge is 2.36. The summed E-state index contributed by atoms with van der Waals surface area (Å²) >= 11 is 1.58. The van der Waals surface area contributed by atoms with Crippen molar-refractivity contribution in [3.63, 3.8) is 0 Å². The van der Waals surface area contributed by atoms with Gasteiger partial charge in [0, 0.05) is 30.1 Å². The highest BCUT2D eigenvalue weighted by Crippen LogP contribution is 2.30. The molecule has 2 saturated heterocycles. The molecule has 0 saturated carbocycles. The number of amides is 1. The summed E-state index contributed by atoms with van der Waals surface area (Å²) in [5.41, 5.74) is 0. The van der Waals surface area contributed by atoms with E-state index in [2.05, 4.69) is 5.32 Å². The molecule has 2 atom stereocenters. The second-order valence-electron chi connectivity index (χ2n) is 6.24. The number of nitrogens with zero attached hydrogens (tertiary/aromatic N) is 1. The first-order valence-electron chi connectivity index (χ1n) is 7.94. The Morgan fingerprint density at radius 3 is 2.77 bits per heavy atom. The molecule has 2 unspecified atom stereocenters. The fourth-order valence-corrected chi connectivity index (χ4v) is 4.35. The van der Waals surface area contributed by atoms with E-state index in [1.165, 1.54) is 12.8 Å². The van der Waals surface area contributed by atoms with Crippen LogP contribution in [0.15, 0.2) is 29.2 Å². The van der Waals surface area contributed by atoms with Crippen molar-refractivity contribution in [1.29, 1.82) is 0 Å². The summed E-state index contributed by atoms with van der Waals surface area (Å²) in [5, 5.41) is 3.63. The number of carbonyl (C=O) groups excluding carboxylic acids is 1. The van der Waals surface area contributed by atoms with Gasteiger partial charge in [-0.3, -0.25) is 4.79 Å². The molecule has 1 amide bonds. The van der Waals surface area contributed by atoms with Crippen molar-refractivity contribution in [3.05, 3.63) is 24.3 Å². The topological polar surface area (TPSA) is 41.6 Å². The Bertz CT molecular complexity index is 525. The van der Waals surface area contributed by atoms with E-state index in [-0.39, 0.29) is 5.91 Å². The van der Waals surface area contributed by atoms with Gasteiger partial charge in [-0.15, -0.1) is 11.8 Å². The van der Waals surface area contributed by atoms with Crippen LogP contribution in [0, 0.1) is 0 Å². The Balaban J connectivity index is 1.52. The normalized spacial score (nSPS) is 26.7. The van der Waals surface area contributed by atoms with Crippen molar-refractivity contribution in [2.24, 2.45) is 0 Å². The number of rotatable bonds is 5. The number of fused-ring (bicyclic) bond motifs is 2. The summed E-state index contributed by atoms with van der Waals surface area (Å²) in [5.74, 6) is 1.54. The second kappa shape index (κ2) is 6.92. The number of methoxy groups -OCH3 is 1. The molecule has 22 heavy (non-hydrogen) atoms. The predicted molar refractivity (Wildman–Crippen MR) is 89.5 cm³/mol. The summed E-state index contributed by atoms with van der Waals surface area (Å²) < 4.78 is 5.22. The molecule has 5 heteroatoms. The summed E-state index contributed by atoms with van der Waals surface area (Å²) in [6, 6.07) is 9.50. The van der Waals surface area contributed by atoms with Crippen LogP contribution in [0.1, 0.15) is 25.7 Å². The lowest BCUT2D eigenvalue weighted by atomic mass is 9.98. The van der Waals surface area contributed by atoms with Crippen molar-refractivity contribution in [2.75, 3.05) is 19.9 Å². The van der Waals surface area contributed by atoms with Crippen LogP contribution in [0.4, 0.5) is 0 Å². The van der Waals surface area contributed by atoms with E-state index >= 15 is 0 Å². The molecule has 2 fully saturated rings. The number of nitrogens with one attached hydrogen (secondary N) is 1. The molecular formula is C17H24N2O2S. The highest BCUT2D eigenvalue weighted by molar-refractivity contribution is 8.00. The molecule has 3 rings (SSSR count). The van der Waals surface area contributed by atoms with Crippen molar-refractivity contribution in [2.45, 2.75) is 48.7 Å². The summed E-state index contributed by atoms with van der Waals surface area (Å²) in [6.07, 6.45) is 4.73. The Hall–Kier alpha value is -1.20. The molecule has 0 spiro atoms. The molecule has 120 valence electrons. The van der Waals surface area contributed by atoms with Crippen LogP contribution in [0.5, 0.6) is 5.75 Å². The molecule has 0 aliphatic carbocycles. The van der Waals surface area contributed by atoms with E-state index in [4.69, 9.17) is 4.74 Å². The number of piperidine rings is 1. The lowest BCUT2D eigenvalue weighted by molar-refractivity contribution is -0.129. The predicted octanol–water partition coefficient (Wildman–Crippen LogP) is 2.53. The zero-order valence-corrected chi connectivity index (χ0v) is 14.1. The lowest BCUT2D eigenvalue weighted by Crippen LogP contribution is -2.49. The maximum atomic E-state index is 12.5. The zero-order valence-electron chi connectivity index (χ0n) is 13.2. The van der Waals surface area contributed by atoms with E-state index in [1.807, 2.05) is 36.2 Å². The van der Waals surface area contributed by atoms with Crippen LogP contribution in [0.25, 0.3) is 0 Å². The minimum Gasteiger partial charge on any atom is -0.497 e. The Morgan fingerprint density at radius 1 is 1.36 bits per heavy atom. The van der Waals surface area contributed by atoms with Gasteiger partial charge in [0.25, 0.3) is 0 Å². The number of benzene rings is 1. The standard InChI is InChI=1S/C17H24N2O2S/c1-19(14-8-12-6-7-13(9-14)18-12)17(20)11-22-16-5-3-4-15(10-16)21-2/h3-5,10,12-14,18H,6-9,11H2,1-2H3. The average molecular weight is 320 g/mol. The van der Waals surface area contributed by atoms with Gasteiger partial charge in [0.05, 0.1) is 12.9 Å². The van der Waals surface area contributed by atoms with E-state index in [0.717, 1.165) is 23.5 Å². The van der Waals surface area contributed by atoms with Crippen LogP contribution < -0.4 is 10.1 Å². The molecule has 4 nitrogen and oxygen atoms in total. The monoisotopic (exact) mass is 320 g/mol. The number of carbonyl (C=O) groups is 1. The molecule has 2 aliphatic rings.